The van der Waals surface area contributed by atoms with E-state index < -0.39 is 0 Å². The van der Waals surface area contributed by atoms with Crippen molar-refractivity contribution in [1.82, 2.24) is 0 Å². The van der Waals surface area contributed by atoms with E-state index >= 15 is 0 Å². The Morgan fingerprint density at radius 2 is 1.92 bits per heavy atom. The largest absolute Gasteiger partial charge is 0.454 e. The molecule has 1 heterocycles. The summed E-state index contributed by atoms with van der Waals surface area (Å²) in [6.45, 7) is 0.150. The third-order valence-corrected chi connectivity index (χ3v) is 4.86. The molecule has 0 aromatic heterocycles. The third kappa shape index (κ3) is 2.73. The van der Waals surface area contributed by atoms with Crippen LogP contribution >= 0.6 is 0 Å². The summed E-state index contributed by atoms with van der Waals surface area (Å²) in [7, 11) is 0. The Labute approximate surface area is 144 Å². The summed E-state index contributed by atoms with van der Waals surface area (Å²) in [6, 6.07) is 10.5. The fourth-order valence-corrected chi connectivity index (χ4v) is 3.66. The topological polar surface area (TPSA) is 78.7 Å². The molecule has 6 nitrogen and oxygen atoms in total. The van der Waals surface area contributed by atoms with E-state index in [1.54, 1.807) is 36.4 Å². The van der Waals surface area contributed by atoms with Crippen LogP contribution < -0.4 is 9.47 Å². The molecule has 1 fully saturated rings. The van der Waals surface area contributed by atoms with Crippen LogP contribution in [0.2, 0.25) is 0 Å². The number of ether oxygens (including phenoxy) is 2. The molecular weight excluding hydrogens is 322 g/mol. The molecule has 0 amide bonds. The molecule has 6 heteroatoms. The molecule has 25 heavy (non-hydrogen) atoms. The van der Waals surface area contributed by atoms with E-state index in [0.717, 1.165) is 12.8 Å². The lowest BCUT2D eigenvalue weighted by atomic mass is 9.81. The van der Waals surface area contributed by atoms with E-state index in [1.165, 1.54) is 0 Å². The maximum absolute atomic E-state index is 12.3. The van der Waals surface area contributed by atoms with E-state index in [1.807, 2.05) is 0 Å². The highest BCUT2D eigenvalue weighted by atomic mass is 16.7. The highest BCUT2D eigenvalue weighted by molar-refractivity contribution is 5.89. The second-order valence-electron chi connectivity index (χ2n) is 6.33. The van der Waals surface area contributed by atoms with Gasteiger partial charge in [-0.3, -0.25) is 14.9 Å². The molecule has 2 aromatic carbocycles. The van der Waals surface area contributed by atoms with Crippen LogP contribution in [0.4, 0.5) is 5.69 Å². The van der Waals surface area contributed by atoms with Crippen LogP contribution in [0.25, 0.3) is 11.1 Å². The Bertz CT molecular complexity index is 861. The quantitative estimate of drug-likeness (QED) is 0.618. The van der Waals surface area contributed by atoms with Gasteiger partial charge in [-0.25, -0.2) is 0 Å². The van der Waals surface area contributed by atoms with Gasteiger partial charge in [-0.15, -0.1) is 0 Å². The minimum atomic E-state index is -0.386. The number of hydrogen-bond acceptors (Lipinski definition) is 5. The van der Waals surface area contributed by atoms with Crippen LogP contribution in [-0.4, -0.2) is 17.5 Å². The Morgan fingerprint density at radius 3 is 2.72 bits per heavy atom. The highest BCUT2D eigenvalue weighted by Crippen LogP contribution is 2.43. The highest BCUT2D eigenvalue weighted by Gasteiger charge is 2.32. The van der Waals surface area contributed by atoms with Gasteiger partial charge in [0.25, 0.3) is 5.69 Å². The molecular formula is C19H17NO5. The Balaban J connectivity index is 1.84. The van der Waals surface area contributed by atoms with Crippen LogP contribution in [-0.2, 0) is 4.79 Å². The second-order valence-corrected chi connectivity index (χ2v) is 6.33. The molecule has 4 rings (SSSR count). The first-order valence-corrected chi connectivity index (χ1v) is 8.35. The van der Waals surface area contributed by atoms with E-state index in [0.29, 0.717) is 41.0 Å². The molecule has 1 aliphatic heterocycles. The molecule has 0 saturated heterocycles. The number of rotatable bonds is 3. The first-order chi connectivity index (χ1) is 12.1. The van der Waals surface area contributed by atoms with Gasteiger partial charge in [0.1, 0.15) is 5.78 Å². The predicted molar refractivity (Wildman–Crippen MR) is 90.9 cm³/mol. The maximum atomic E-state index is 12.3. The van der Waals surface area contributed by atoms with Gasteiger partial charge in [-0.05, 0) is 36.6 Å². The zero-order valence-electron chi connectivity index (χ0n) is 13.6. The van der Waals surface area contributed by atoms with E-state index in [9.17, 15) is 14.9 Å². The van der Waals surface area contributed by atoms with Gasteiger partial charge >= 0.3 is 0 Å². The van der Waals surface area contributed by atoms with Crippen molar-refractivity contribution in [2.75, 3.05) is 6.79 Å². The molecule has 2 aromatic rings. The number of carbonyl (C=O) groups excluding carboxylic acids is 1. The van der Waals surface area contributed by atoms with Gasteiger partial charge in [0, 0.05) is 17.9 Å². The number of benzene rings is 2. The van der Waals surface area contributed by atoms with Crippen LogP contribution in [0.1, 0.15) is 37.2 Å². The molecule has 0 spiro atoms. The summed E-state index contributed by atoms with van der Waals surface area (Å²) in [4.78, 5) is 23.8. The maximum Gasteiger partial charge on any atom is 0.281 e. The van der Waals surface area contributed by atoms with Crippen LogP contribution in [0, 0.1) is 10.1 Å². The van der Waals surface area contributed by atoms with Crippen molar-refractivity contribution in [2.45, 2.75) is 31.6 Å². The number of para-hydroxylation sites is 1. The average molecular weight is 339 g/mol. The van der Waals surface area contributed by atoms with Crippen molar-refractivity contribution >= 4 is 11.5 Å². The number of fused-ring (bicyclic) bond motifs is 1. The van der Waals surface area contributed by atoms with Gasteiger partial charge < -0.3 is 9.47 Å². The monoisotopic (exact) mass is 339 g/mol. The van der Waals surface area contributed by atoms with E-state index in [4.69, 9.17) is 9.47 Å². The number of ketones is 1. The predicted octanol–water partition coefficient (Wildman–Crippen LogP) is 4.22. The molecule has 1 atom stereocenters. The zero-order valence-corrected chi connectivity index (χ0v) is 13.6. The van der Waals surface area contributed by atoms with Gasteiger partial charge in [0.05, 0.1) is 10.5 Å². The smallest absolute Gasteiger partial charge is 0.281 e. The number of nitro benzene ring substituents is 1. The Morgan fingerprint density at radius 1 is 1.08 bits per heavy atom. The van der Waals surface area contributed by atoms with Crippen LogP contribution in [0.15, 0.2) is 36.4 Å². The third-order valence-electron chi connectivity index (χ3n) is 4.86. The molecule has 2 aliphatic rings. The minimum absolute atomic E-state index is 0.0154. The van der Waals surface area contributed by atoms with Crippen molar-refractivity contribution < 1.29 is 19.2 Å². The lowest BCUT2D eigenvalue weighted by Gasteiger charge is -2.21. The van der Waals surface area contributed by atoms with Gasteiger partial charge in [-0.1, -0.05) is 24.6 Å². The van der Waals surface area contributed by atoms with Crippen LogP contribution in [0.5, 0.6) is 11.5 Å². The van der Waals surface area contributed by atoms with Gasteiger partial charge in [0.2, 0.25) is 6.79 Å². The lowest BCUT2D eigenvalue weighted by molar-refractivity contribution is -0.385. The summed E-state index contributed by atoms with van der Waals surface area (Å²) < 4.78 is 10.7. The summed E-state index contributed by atoms with van der Waals surface area (Å²) in [5.74, 6) is 0.913. The minimum Gasteiger partial charge on any atom is -0.454 e. The van der Waals surface area contributed by atoms with Gasteiger partial charge in [-0.2, -0.15) is 0 Å². The van der Waals surface area contributed by atoms with Crippen molar-refractivity contribution in [3.8, 4) is 22.6 Å². The molecule has 0 bridgehead atoms. The summed E-state index contributed by atoms with van der Waals surface area (Å²) >= 11 is 0. The first-order valence-electron chi connectivity index (χ1n) is 8.35. The standard InChI is InChI=1S/C19H17NO5/c21-16-7-2-1-4-14(16)15-6-3-5-13(19(15)20(22)23)12-8-9-17-18(10-12)25-11-24-17/h3,5-6,8-10,14H,1-2,4,7,11H2. The fourth-order valence-electron chi connectivity index (χ4n) is 3.66. The van der Waals surface area contributed by atoms with Crippen molar-refractivity contribution in [3.63, 3.8) is 0 Å². The average Bonchev–Trinajstić information content (AvgIpc) is 3.09. The molecule has 128 valence electrons. The summed E-state index contributed by atoms with van der Waals surface area (Å²) in [6.07, 6.45) is 2.95. The zero-order chi connectivity index (χ0) is 17.4. The number of hydrogen-bond donors (Lipinski definition) is 0. The van der Waals surface area contributed by atoms with Crippen LogP contribution in [0.3, 0.4) is 0 Å². The summed E-state index contributed by atoms with van der Waals surface area (Å²) in [5, 5.41) is 11.8. The second kappa shape index (κ2) is 6.20. The van der Waals surface area contributed by atoms with Gasteiger partial charge in [0.15, 0.2) is 11.5 Å². The lowest BCUT2D eigenvalue weighted by Crippen LogP contribution is -2.18. The molecule has 1 saturated carbocycles. The SMILES string of the molecule is O=C1CCCCC1c1cccc(-c2ccc3c(c2)OCO3)c1[N+](=O)[O-]. The fraction of sp³-hybridized carbons (Fsp3) is 0.316. The Kier molecular flexibility index (Phi) is 3.87. The summed E-state index contributed by atoms with van der Waals surface area (Å²) in [5.41, 5.74) is 1.71. The first kappa shape index (κ1) is 15.6. The van der Waals surface area contributed by atoms with E-state index in [2.05, 4.69) is 0 Å². The number of carbonyl (C=O) groups is 1. The molecule has 0 radical (unpaired) electrons. The number of Topliss-reactive ketones (excluding diaryl/α,β-unsaturated/α-hetero) is 1. The molecule has 1 aliphatic carbocycles. The molecule has 1 unspecified atom stereocenters. The number of nitrogens with zero attached hydrogens (tertiary/aromatic N) is 1. The van der Waals surface area contributed by atoms with Crippen molar-refractivity contribution in [2.24, 2.45) is 0 Å². The van der Waals surface area contributed by atoms with E-state index in [-0.39, 0.29) is 29.1 Å². The normalized spacial score (nSPS) is 19.0. The molecule has 0 N–H and O–H groups in total. The van der Waals surface area contributed by atoms with Crippen molar-refractivity contribution in [3.05, 3.63) is 52.1 Å². The Hall–Kier alpha value is -2.89. The number of nitro groups is 1. The van der Waals surface area contributed by atoms with Crippen molar-refractivity contribution in [1.29, 1.82) is 0 Å².